The third kappa shape index (κ3) is 1.39. The van der Waals surface area contributed by atoms with E-state index < -0.39 is 0 Å². The second-order valence-electron chi connectivity index (χ2n) is 3.22. The van der Waals surface area contributed by atoms with Gasteiger partial charge in [0.15, 0.2) is 0 Å². The van der Waals surface area contributed by atoms with Gasteiger partial charge in [-0.2, -0.15) is 0 Å². The smallest absolute Gasteiger partial charge is 0.109 e. The third-order valence-electron chi connectivity index (χ3n) is 2.41. The molecular weight excluding hydrogens is 216 g/mol. The van der Waals surface area contributed by atoms with Crippen LogP contribution in [0.3, 0.4) is 0 Å². The van der Waals surface area contributed by atoms with Crippen LogP contribution in [-0.2, 0) is 0 Å². The fourth-order valence-corrected chi connectivity index (χ4v) is 2.11. The first-order valence-corrected chi connectivity index (χ1v) is 4.92. The molecule has 2 N–H and O–H groups in total. The normalized spacial score (nSPS) is 27.2. The molecule has 0 bridgehead atoms. The molecule has 12 heavy (non-hydrogen) atoms. The summed E-state index contributed by atoms with van der Waals surface area (Å²) in [7, 11) is 0. The third-order valence-corrected chi connectivity index (χ3v) is 3.08. The van der Waals surface area contributed by atoms with Crippen LogP contribution < -0.4 is 5.73 Å². The van der Waals surface area contributed by atoms with E-state index >= 15 is 0 Å². The van der Waals surface area contributed by atoms with Crippen molar-refractivity contribution in [3.8, 4) is 0 Å². The Morgan fingerprint density at radius 3 is 3.08 bits per heavy atom. The molecule has 0 spiro atoms. The van der Waals surface area contributed by atoms with E-state index in [0.717, 1.165) is 11.1 Å². The first-order valence-electron chi connectivity index (χ1n) is 4.13. The number of aromatic nitrogens is 1. The minimum Gasteiger partial charge on any atom is -0.330 e. The summed E-state index contributed by atoms with van der Waals surface area (Å²) < 4.78 is 0.978. The number of rotatable bonds is 2. The van der Waals surface area contributed by atoms with Gasteiger partial charge >= 0.3 is 0 Å². The monoisotopic (exact) mass is 226 g/mol. The molecule has 2 nitrogen and oxygen atoms in total. The minimum atomic E-state index is 0.651. The van der Waals surface area contributed by atoms with Crippen LogP contribution in [0.2, 0.25) is 0 Å². The predicted octanol–water partition coefficient (Wildman–Crippen LogP) is 1.91. The maximum absolute atomic E-state index is 5.58. The van der Waals surface area contributed by atoms with Gasteiger partial charge in [0.25, 0.3) is 0 Å². The van der Waals surface area contributed by atoms with E-state index in [1.807, 2.05) is 6.07 Å². The lowest BCUT2D eigenvalue weighted by molar-refractivity contribution is 0.805. The van der Waals surface area contributed by atoms with Gasteiger partial charge in [-0.05, 0) is 52.4 Å². The summed E-state index contributed by atoms with van der Waals surface area (Å²) in [6, 6.07) is 4.10. The van der Waals surface area contributed by atoms with Gasteiger partial charge in [-0.25, -0.2) is 4.98 Å². The quantitative estimate of drug-likeness (QED) is 0.783. The Labute approximate surface area is 80.3 Å². The molecule has 0 radical (unpaired) electrons. The lowest BCUT2D eigenvalue weighted by atomic mass is 10.1. The zero-order chi connectivity index (χ0) is 8.55. The van der Waals surface area contributed by atoms with Crippen molar-refractivity contribution in [3.63, 3.8) is 0 Å². The summed E-state index contributed by atoms with van der Waals surface area (Å²) in [5.74, 6) is 1.34. The molecule has 1 saturated carbocycles. The van der Waals surface area contributed by atoms with Crippen LogP contribution in [0.1, 0.15) is 17.9 Å². The Bertz CT molecular complexity index is 288. The summed E-state index contributed by atoms with van der Waals surface area (Å²) in [6.07, 6.45) is 3.02. The van der Waals surface area contributed by atoms with Gasteiger partial charge in [-0.3, -0.25) is 0 Å². The molecule has 3 heteroatoms. The van der Waals surface area contributed by atoms with Gasteiger partial charge in [-0.15, -0.1) is 0 Å². The first-order chi connectivity index (χ1) is 5.83. The fraction of sp³-hybridized carbons (Fsp3) is 0.444. The van der Waals surface area contributed by atoms with E-state index in [2.05, 4.69) is 27.0 Å². The number of nitrogens with two attached hydrogens (primary N) is 1. The highest BCUT2D eigenvalue weighted by molar-refractivity contribution is 9.10. The van der Waals surface area contributed by atoms with Crippen molar-refractivity contribution in [2.75, 3.05) is 6.54 Å². The highest BCUT2D eigenvalue weighted by Gasteiger charge is 2.38. The van der Waals surface area contributed by atoms with Gasteiger partial charge in [0.1, 0.15) is 4.60 Å². The van der Waals surface area contributed by atoms with E-state index in [1.54, 1.807) is 6.20 Å². The molecule has 0 amide bonds. The van der Waals surface area contributed by atoms with Crippen molar-refractivity contribution in [3.05, 3.63) is 28.5 Å². The second-order valence-corrected chi connectivity index (χ2v) is 3.97. The fourth-order valence-electron chi connectivity index (χ4n) is 1.56. The Morgan fingerprint density at radius 2 is 2.50 bits per heavy atom. The molecule has 0 aliphatic heterocycles. The molecule has 2 atom stereocenters. The summed E-state index contributed by atoms with van der Waals surface area (Å²) in [5, 5.41) is 0. The van der Waals surface area contributed by atoms with Crippen molar-refractivity contribution in [1.29, 1.82) is 0 Å². The van der Waals surface area contributed by atoms with E-state index in [-0.39, 0.29) is 0 Å². The van der Waals surface area contributed by atoms with E-state index in [9.17, 15) is 0 Å². The van der Waals surface area contributed by atoms with Gasteiger partial charge in [-0.1, -0.05) is 6.07 Å². The largest absolute Gasteiger partial charge is 0.330 e. The van der Waals surface area contributed by atoms with Gasteiger partial charge in [0, 0.05) is 6.20 Å². The molecule has 2 unspecified atom stereocenters. The molecule has 0 aromatic carbocycles. The molecular formula is C9H11BrN2. The van der Waals surface area contributed by atoms with Gasteiger partial charge in [0.2, 0.25) is 0 Å². The zero-order valence-corrected chi connectivity index (χ0v) is 8.29. The number of pyridine rings is 1. The van der Waals surface area contributed by atoms with E-state index in [1.165, 1.54) is 12.0 Å². The molecule has 1 fully saturated rings. The Kier molecular flexibility index (Phi) is 2.15. The van der Waals surface area contributed by atoms with Crippen molar-refractivity contribution in [2.24, 2.45) is 11.7 Å². The average Bonchev–Trinajstić information content (AvgIpc) is 2.84. The van der Waals surface area contributed by atoms with Crippen LogP contribution in [0.4, 0.5) is 0 Å². The SMILES string of the molecule is NCC1CC1c1cccnc1Br. The standard InChI is InChI=1S/C9H11BrN2/c10-9-7(2-1-3-12-9)8-4-6(8)5-11/h1-3,6,8H,4-5,11H2. The van der Waals surface area contributed by atoms with Crippen LogP contribution in [0, 0.1) is 5.92 Å². The maximum Gasteiger partial charge on any atom is 0.109 e. The Hall–Kier alpha value is -0.410. The summed E-state index contributed by atoms with van der Waals surface area (Å²) in [4.78, 5) is 4.18. The topological polar surface area (TPSA) is 38.9 Å². The summed E-state index contributed by atoms with van der Waals surface area (Å²) in [5.41, 5.74) is 6.89. The molecule has 1 aliphatic carbocycles. The van der Waals surface area contributed by atoms with Crippen LogP contribution in [0.25, 0.3) is 0 Å². The van der Waals surface area contributed by atoms with E-state index in [0.29, 0.717) is 11.8 Å². The maximum atomic E-state index is 5.58. The van der Waals surface area contributed by atoms with E-state index in [4.69, 9.17) is 5.73 Å². The van der Waals surface area contributed by atoms with Crippen molar-refractivity contribution < 1.29 is 0 Å². The van der Waals surface area contributed by atoms with Crippen molar-refractivity contribution in [1.82, 2.24) is 4.98 Å². The van der Waals surface area contributed by atoms with Crippen molar-refractivity contribution >= 4 is 15.9 Å². The molecule has 1 aromatic heterocycles. The number of hydrogen-bond acceptors (Lipinski definition) is 2. The minimum absolute atomic E-state index is 0.651. The molecule has 2 rings (SSSR count). The highest BCUT2D eigenvalue weighted by Crippen LogP contribution is 2.48. The highest BCUT2D eigenvalue weighted by atomic mass is 79.9. The second kappa shape index (κ2) is 3.15. The molecule has 1 aromatic rings. The lowest BCUT2D eigenvalue weighted by Gasteiger charge is -2.00. The molecule has 1 aliphatic rings. The first kappa shape index (κ1) is 8.20. The summed E-state index contributed by atoms with van der Waals surface area (Å²) in [6.45, 7) is 0.798. The number of nitrogens with zero attached hydrogens (tertiary/aromatic N) is 1. The van der Waals surface area contributed by atoms with Gasteiger partial charge < -0.3 is 5.73 Å². The Morgan fingerprint density at radius 1 is 1.67 bits per heavy atom. The van der Waals surface area contributed by atoms with Crippen LogP contribution in [0.5, 0.6) is 0 Å². The van der Waals surface area contributed by atoms with Crippen LogP contribution >= 0.6 is 15.9 Å². The molecule has 1 heterocycles. The van der Waals surface area contributed by atoms with Crippen molar-refractivity contribution in [2.45, 2.75) is 12.3 Å². The average molecular weight is 227 g/mol. The number of hydrogen-bond donors (Lipinski definition) is 1. The van der Waals surface area contributed by atoms with Gasteiger partial charge in [0.05, 0.1) is 0 Å². The molecule has 64 valence electrons. The Balaban J connectivity index is 2.19. The lowest BCUT2D eigenvalue weighted by Crippen LogP contribution is -2.02. The molecule has 0 saturated heterocycles. The zero-order valence-electron chi connectivity index (χ0n) is 6.70. The number of halogens is 1. The van der Waals surface area contributed by atoms with Crippen LogP contribution in [0.15, 0.2) is 22.9 Å². The summed E-state index contributed by atoms with van der Waals surface area (Å²) >= 11 is 3.44. The predicted molar refractivity (Wildman–Crippen MR) is 51.8 cm³/mol. The van der Waals surface area contributed by atoms with Crippen LogP contribution in [-0.4, -0.2) is 11.5 Å².